The van der Waals surface area contributed by atoms with Gasteiger partial charge in [-0.15, -0.1) is 0 Å². The van der Waals surface area contributed by atoms with Crippen molar-refractivity contribution in [2.45, 2.75) is 97.0 Å². The molecule has 200 valence electrons. The van der Waals surface area contributed by atoms with E-state index in [4.69, 9.17) is 4.43 Å². The van der Waals surface area contributed by atoms with Crippen LogP contribution in [0.15, 0.2) is 36.4 Å². The third kappa shape index (κ3) is 4.51. The maximum atomic E-state index is 13.5. The summed E-state index contributed by atoms with van der Waals surface area (Å²) in [7, 11) is -5.72. The zero-order valence-corrected chi connectivity index (χ0v) is 24.6. The van der Waals surface area contributed by atoms with Gasteiger partial charge in [0.25, 0.3) is 5.91 Å². The molecule has 1 aromatic carbocycles. The Labute approximate surface area is 217 Å². The van der Waals surface area contributed by atoms with Crippen LogP contribution in [0.1, 0.15) is 78.4 Å². The summed E-state index contributed by atoms with van der Waals surface area (Å²) in [5.41, 5.74) is 0.534. The van der Waals surface area contributed by atoms with E-state index in [1.807, 2.05) is 0 Å². The highest BCUT2D eigenvalue weighted by Crippen LogP contribution is 2.70. The number of sulfonamides is 1. The summed E-state index contributed by atoms with van der Waals surface area (Å²) in [4.78, 5) is 13.2. The van der Waals surface area contributed by atoms with Crippen molar-refractivity contribution >= 4 is 24.2 Å². The maximum absolute atomic E-state index is 13.5. The van der Waals surface area contributed by atoms with Gasteiger partial charge in [-0.25, -0.2) is 17.1 Å². The van der Waals surface area contributed by atoms with E-state index in [0.29, 0.717) is 18.8 Å². The maximum Gasteiger partial charge on any atom is 0.259 e. The highest BCUT2D eigenvalue weighted by molar-refractivity contribution is 7.90. The largest absolute Gasteiger partial charge is 0.410 e. The molecular formula is C28H42FNO4SSi. The van der Waals surface area contributed by atoms with Crippen molar-refractivity contribution in [1.82, 2.24) is 4.31 Å². The van der Waals surface area contributed by atoms with E-state index in [-0.39, 0.29) is 39.6 Å². The third-order valence-electron chi connectivity index (χ3n) is 9.97. The first-order chi connectivity index (χ1) is 16.5. The summed E-state index contributed by atoms with van der Waals surface area (Å²) in [6.07, 6.45) is 6.87. The molecule has 2 saturated carbocycles. The molecule has 8 heteroatoms. The third-order valence-corrected chi connectivity index (χ3v) is 16.4. The quantitative estimate of drug-likeness (QED) is 0.292. The molecule has 0 aromatic heterocycles. The Bertz CT molecular complexity index is 1140. The van der Waals surface area contributed by atoms with Crippen molar-refractivity contribution in [2.24, 2.45) is 16.7 Å². The second kappa shape index (κ2) is 9.05. The molecule has 0 N–H and O–H groups in total. The molecule has 0 radical (unpaired) electrons. The molecule has 1 aliphatic heterocycles. The van der Waals surface area contributed by atoms with Gasteiger partial charge in [0, 0.05) is 11.5 Å². The van der Waals surface area contributed by atoms with E-state index >= 15 is 0 Å². The number of amides is 1. The van der Waals surface area contributed by atoms with Gasteiger partial charge in [-0.05, 0) is 79.3 Å². The average molecular weight is 536 g/mol. The van der Waals surface area contributed by atoms with Crippen LogP contribution >= 0.6 is 0 Å². The minimum atomic E-state index is -3.62. The summed E-state index contributed by atoms with van der Waals surface area (Å²) in [6, 6.07) is 6.19. The highest BCUT2D eigenvalue weighted by atomic mass is 32.2. The number of nitrogens with zero attached hydrogens (tertiary/aromatic N) is 1. The van der Waals surface area contributed by atoms with E-state index in [1.165, 1.54) is 22.5 Å². The summed E-state index contributed by atoms with van der Waals surface area (Å²) in [5, 5.41) is 0.0194. The van der Waals surface area contributed by atoms with E-state index in [9.17, 15) is 17.6 Å². The fourth-order valence-corrected chi connectivity index (χ4v) is 10.4. The molecule has 4 rings (SSSR count). The van der Waals surface area contributed by atoms with Gasteiger partial charge in [0.1, 0.15) is 5.82 Å². The molecule has 2 bridgehead atoms. The fraction of sp³-hybridized carbons (Fsp3) is 0.679. The fourth-order valence-electron chi connectivity index (χ4n) is 6.59. The van der Waals surface area contributed by atoms with Crippen LogP contribution in [0.3, 0.4) is 0 Å². The number of fused-ring (bicyclic) bond motifs is 1. The van der Waals surface area contributed by atoms with Crippen molar-refractivity contribution in [2.75, 3.05) is 5.75 Å². The number of hydrogen-bond acceptors (Lipinski definition) is 4. The van der Waals surface area contributed by atoms with Crippen LogP contribution in [0, 0.1) is 22.6 Å². The molecule has 3 unspecified atom stereocenters. The second-order valence-electron chi connectivity index (χ2n) is 13.2. The first kappa shape index (κ1) is 27.5. The van der Waals surface area contributed by atoms with Crippen LogP contribution in [0.5, 0.6) is 0 Å². The van der Waals surface area contributed by atoms with Crippen LogP contribution in [0.25, 0.3) is 0 Å². The molecule has 1 saturated heterocycles. The Balaban J connectivity index is 1.47. The zero-order chi connectivity index (χ0) is 26.7. The predicted molar refractivity (Wildman–Crippen MR) is 144 cm³/mol. The topological polar surface area (TPSA) is 63.7 Å². The molecule has 2 aliphatic carbocycles. The molecule has 1 spiro atoms. The van der Waals surface area contributed by atoms with Gasteiger partial charge in [-0.3, -0.25) is 4.79 Å². The lowest BCUT2D eigenvalue weighted by molar-refractivity contribution is -0.124. The highest BCUT2D eigenvalue weighted by Gasteiger charge is 2.72. The normalized spacial score (nSPS) is 29.6. The van der Waals surface area contributed by atoms with Gasteiger partial charge in [-0.2, -0.15) is 0 Å². The Morgan fingerprint density at radius 2 is 1.89 bits per heavy atom. The van der Waals surface area contributed by atoms with E-state index in [0.717, 1.165) is 24.8 Å². The molecule has 3 aliphatic rings. The molecule has 1 aromatic rings. The van der Waals surface area contributed by atoms with Gasteiger partial charge < -0.3 is 4.43 Å². The minimum absolute atomic E-state index is 0.0194. The number of hydrogen-bond donors (Lipinski definition) is 0. The predicted octanol–water partition coefficient (Wildman–Crippen LogP) is 6.59. The summed E-state index contributed by atoms with van der Waals surface area (Å²) in [6.45, 7) is 15.3. The number of halogens is 1. The summed E-state index contributed by atoms with van der Waals surface area (Å²) < 4.78 is 47.7. The van der Waals surface area contributed by atoms with Crippen LogP contribution in [0.2, 0.25) is 18.1 Å². The number of rotatable bonds is 7. The van der Waals surface area contributed by atoms with Crippen molar-refractivity contribution in [3.8, 4) is 0 Å². The van der Waals surface area contributed by atoms with Gasteiger partial charge in [0.05, 0.1) is 17.9 Å². The molecular weight excluding hydrogens is 493 g/mol. The van der Waals surface area contributed by atoms with Crippen LogP contribution < -0.4 is 0 Å². The molecule has 4 atom stereocenters. The Morgan fingerprint density at radius 1 is 1.25 bits per heavy atom. The van der Waals surface area contributed by atoms with Gasteiger partial charge in [0.15, 0.2) is 8.32 Å². The monoisotopic (exact) mass is 535 g/mol. The SMILES string of the molecule is CC1(C)C2CCC13CS(=O)(=O)N(C(=O)/C=C/CC[C@H](O[Si](C)(C)C(C)(C)C)c1ccc(F)cc1)C3C2. The average Bonchev–Trinajstić information content (AvgIpc) is 3.23. The first-order valence-corrected chi connectivity index (χ1v) is 17.7. The van der Waals surface area contributed by atoms with E-state index in [2.05, 4.69) is 47.7 Å². The smallest absolute Gasteiger partial charge is 0.259 e. The molecule has 5 nitrogen and oxygen atoms in total. The number of benzene rings is 1. The lowest BCUT2D eigenvalue weighted by Crippen LogP contribution is -2.43. The van der Waals surface area contributed by atoms with Crippen LogP contribution in [0.4, 0.5) is 4.39 Å². The molecule has 1 amide bonds. The Morgan fingerprint density at radius 3 is 2.47 bits per heavy atom. The molecule has 3 fully saturated rings. The summed E-state index contributed by atoms with van der Waals surface area (Å²) in [5.74, 6) is -0.158. The minimum Gasteiger partial charge on any atom is -0.410 e. The van der Waals surface area contributed by atoms with Crippen molar-refractivity contribution in [1.29, 1.82) is 0 Å². The standard InChI is InChI=1S/C28H42FNO4SSi/c1-26(2,3)36(6,7)34-23(20-12-14-22(29)15-13-20)10-8-9-11-25(31)30-24-18-21-16-17-28(24,27(21,4)5)19-35(30,32)33/h9,11-15,21,23-24H,8,10,16-19H2,1-7H3/b11-9+/t21?,23-,24?,28?/m0/s1. The van der Waals surface area contributed by atoms with Gasteiger partial charge in [-0.1, -0.05) is 52.8 Å². The number of carbonyl (C=O) groups excluding carboxylic acids is 1. The Hall–Kier alpha value is -1.51. The van der Waals surface area contributed by atoms with Crippen molar-refractivity contribution in [3.05, 3.63) is 47.8 Å². The molecule has 1 heterocycles. The van der Waals surface area contributed by atoms with Crippen molar-refractivity contribution in [3.63, 3.8) is 0 Å². The molecule has 36 heavy (non-hydrogen) atoms. The number of allylic oxidation sites excluding steroid dienone is 1. The summed E-state index contributed by atoms with van der Waals surface area (Å²) >= 11 is 0. The second-order valence-corrected chi connectivity index (χ2v) is 19.8. The van der Waals surface area contributed by atoms with Gasteiger partial charge in [0.2, 0.25) is 10.0 Å². The first-order valence-electron chi connectivity index (χ1n) is 13.2. The lowest BCUT2D eigenvalue weighted by Gasteiger charge is -2.39. The Kier molecular flexibility index (Phi) is 6.92. The number of carbonyl (C=O) groups is 1. The van der Waals surface area contributed by atoms with E-state index < -0.39 is 24.2 Å². The zero-order valence-electron chi connectivity index (χ0n) is 22.8. The van der Waals surface area contributed by atoms with Crippen molar-refractivity contribution < 1.29 is 22.0 Å². The lowest BCUT2D eigenvalue weighted by atomic mass is 9.69. The van der Waals surface area contributed by atoms with E-state index in [1.54, 1.807) is 18.2 Å². The van der Waals surface area contributed by atoms with Gasteiger partial charge >= 0.3 is 0 Å². The van der Waals surface area contributed by atoms with Crippen LogP contribution in [-0.2, 0) is 19.2 Å². The van der Waals surface area contributed by atoms with Crippen LogP contribution in [-0.4, -0.2) is 38.7 Å².